The number of methoxy groups -OCH3 is 2. The Balaban J connectivity index is 2.21. The van der Waals surface area contributed by atoms with E-state index in [0.717, 1.165) is 18.5 Å². The molecule has 0 aliphatic carbocycles. The molecular formula is C14H19NO4. The highest BCUT2D eigenvalue weighted by Crippen LogP contribution is 2.32. The lowest BCUT2D eigenvalue weighted by molar-refractivity contribution is -0.142. The first-order valence-electron chi connectivity index (χ1n) is 6.34. The van der Waals surface area contributed by atoms with Gasteiger partial charge in [-0.2, -0.15) is 0 Å². The molecule has 1 atom stereocenters. The van der Waals surface area contributed by atoms with Crippen molar-refractivity contribution in [1.82, 2.24) is 4.90 Å². The quantitative estimate of drug-likeness (QED) is 0.879. The zero-order valence-electron chi connectivity index (χ0n) is 11.3. The number of hydrogen-bond acceptors (Lipinski definition) is 4. The van der Waals surface area contributed by atoms with Crippen molar-refractivity contribution in [3.63, 3.8) is 0 Å². The van der Waals surface area contributed by atoms with Crippen molar-refractivity contribution >= 4 is 5.97 Å². The summed E-state index contributed by atoms with van der Waals surface area (Å²) in [5.41, 5.74) is 0.954. The monoisotopic (exact) mass is 265 g/mol. The molecule has 2 rings (SSSR count). The molecule has 5 nitrogen and oxygen atoms in total. The fourth-order valence-electron chi connectivity index (χ4n) is 2.59. The van der Waals surface area contributed by atoms with E-state index in [4.69, 9.17) is 9.47 Å². The van der Waals surface area contributed by atoms with Crippen LogP contribution in [0.4, 0.5) is 0 Å². The van der Waals surface area contributed by atoms with E-state index in [-0.39, 0.29) is 0 Å². The maximum atomic E-state index is 11.2. The first-order valence-corrected chi connectivity index (χ1v) is 6.34. The predicted molar refractivity (Wildman–Crippen MR) is 70.6 cm³/mol. The number of rotatable bonds is 5. The molecule has 0 radical (unpaired) electrons. The van der Waals surface area contributed by atoms with Gasteiger partial charge in [0.05, 0.1) is 14.2 Å². The van der Waals surface area contributed by atoms with E-state index >= 15 is 0 Å². The molecule has 0 bridgehead atoms. The van der Waals surface area contributed by atoms with Crippen LogP contribution in [0.25, 0.3) is 0 Å². The Morgan fingerprint density at radius 3 is 2.84 bits per heavy atom. The van der Waals surface area contributed by atoms with Crippen LogP contribution < -0.4 is 9.47 Å². The highest BCUT2D eigenvalue weighted by Gasteiger charge is 2.31. The van der Waals surface area contributed by atoms with Gasteiger partial charge >= 0.3 is 5.97 Å². The van der Waals surface area contributed by atoms with Crippen molar-refractivity contribution < 1.29 is 19.4 Å². The molecule has 1 aliphatic rings. The summed E-state index contributed by atoms with van der Waals surface area (Å²) in [6.07, 6.45) is 1.63. The Labute approximate surface area is 112 Å². The first kappa shape index (κ1) is 13.7. The Kier molecular flexibility index (Phi) is 4.27. The molecule has 0 spiro atoms. The normalized spacial score (nSPS) is 19.4. The van der Waals surface area contributed by atoms with Gasteiger partial charge in [0.25, 0.3) is 0 Å². The topological polar surface area (TPSA) is 59.0 Å². The van der Waals surface area contributed by atoms with Gasteiger partial charge in [0.2, 0.25) is 0 Å². The third kappa shape index (κ3) is 2.81. The molecular weight excluding hydrogens is 246 g/mol. The predicted octanol–water partition coefficient (Wildman–Crippen LogP) is 1.75. The van der Waals surface area contributed by atoms with Crippen LogP contribution in [-0.4, -0.2) is 42.8 Å². The van der Waals surface area contributed by atoms with Crippen LogP contribution in [0.3, 0.4) is 0 Å². The number of likely N-dealkylation sites (tertiary alicyclic amines) is 1. The largest absolute Gasteiger partial charge is 0.493 e. The number of aliphatic carboxylic acids is 1. The minimum absolute atomic E-state index is 0.393. The molecule has 5 heteroatoms. The molecule has 1 aromatic rings. The summed E-state index contributed by atoms with van der Waals surface area (Å²) in [7, 11) is 3.19. The molecule has 19 heavy (non-hydrogen) atoms. The van der Waals surface area contributed by atoms with Crippen LogP contribution in [-0.2, 0) is 11.3 Å². The number of hydrogen-bond donors (Lipinski definition) is 1. The van der Waals surface area contributed by atoms with Crippen molar-refractivity contribution in [2.45, 2.75) is 25.4 Å². The van der Waals surface area contributed by atoms with Gasteiger partial charge in [-0.1, -0.05) is 12.1 Å². The third-order valence-corrected chi connectivity index (χ3v) is 3.51. The smallest absolute Gasteiger partial charge is 0.320 e. The number of ether oxygens (including phenoxy) is 2. The second kappa shape index (κ2) is 5.93. The van der Waals surface area contributed by atoms with E-state index < -0.39 is 12.0 Å². The number of para-hydroxylation sites is 1. The molecule has 1 heterocycles. The minimum Gasteiger partial charge on any atom is -0.493 e. The highest BCUT2D eigenvalue weighted by molar-refractivity contribution is 5.73. The highest BCUT2D eigenvalue weighted by atomic mass is 16.5. The van der Waals surface area contributed by atoms with E-state index in [1.807, 2.05) is 23.1 Å². The van der Waals surface area contributed by atoms with Gasteiger partial charge in [0, 0.05) is 12.1 Å². The van der Waals surface area contributed by atoms with E-state index in [2.05, 4.69) is 0 Å². The van der Waals surface area contributed by atoms with E-state index in [1.165, 1.54) is 0 Å². The average molecular weight is 265 g/mol. The molecule has 1 aliphatic heterocycles. The molecule has 0 aromatic heterocycles. The minimum atomic E-state index is -0.751. The molecule has 1 unspecified atom stereocenters. The summed E-state index contributed by atoms with van der Waals surface area (Å²) in [4.78, 5) is 13.2. The van der Waals surface area contributed by atoms with Crippen molar-refractivity contribution in [3.05, 3.63) is 23.8 Å². The summed E-state index contributed by atoms with van der Waals surface area (Å²) in [5, 5.41) is 9.19. The molecule has 1 saturated heterocycles. The second-order valence-electron chi connectivity index (χ2n) is 4.62. The van der Waals surface area contributed by atoms with Gasteiger partial charge < -0.3 is 14.6 Å². The number of carboxylic acids is 1. The van der Waals surface area contributed by atoms with Gasteiger partial charge in [0.1, 0.15) is 6.04 Å². The summed E-state index contributed by atoms with van der Waals surface area (Å²) in [5.74, 6) is 0.603. The average Bonchev–Trinajstić information content (AvgIpc) is 2.86. The van der Waals surface area contributed by atoms with Crippen LogP contribution in [0.15, 0.2) is 18.2 Å². The summed E-state index contributed by atoms with van der Waals surface area (Å²) in [6.45, 7) is 1.37. The Morgan fingerprint density at radius 2 is 2.21 bits per heavy atom. The Hall–Kier alpha value is -1.75. The van der Waals surface area contributed by atoms with Gasteiger partial charge in [-0.3, -0.25) is 9.69 Å². The van der Waals surface area contributed by atoms with Gasteiger partial charge in [-0.05, 0) is 25.5 Å². The summed E-state index contributed by atoms with van der Waals surface area (Å²) < 4.78 is 10.6. The summed E-state index contributed by atoms with van der Waals surface area (Å²) >= 11 is 0. The maximum Gasteiger partial charge on any atom is 0.320 e. The van der Waals surface area contributed by atoms with E-state index in [0.29, 0.717) is 24.5 Å². The molecule has 1 fully saturated rings. The number of carboxylic acid groups (broad SMARTS) is 1. The number of benzene rings is 1. The van der Waals surface area contributed by atoms with E-state index in [1.54, 1.807) is 14.2 Å². The SMILES string of the molecule is COc1cccc(CN2CCCC2C(=O)O)c1OC. The molecule has 0 amide bonds. The van der Waals surface area contributed by atoms with Crippen LogP contribution >= 0.6 is 0 Å². The first-order chi connectivity index (χ1) is 9.17. The van der Waals surface area contributed by atoms with Crippen molar-refractivity contribution in [2.75, 3.05) is 20.8 Å². The molecule has 0 saturated carbocycles. The fraction of sp³-hybridized carbons (Fsp3) is 0.500. The van der Waals surface area contributed by atoms with Crippen molar-refractivity contribution in [1.29, 1.82) is 0 Å². The Morgan fingerprint density at radius 1 is 1.42 bits per heavy atom. The standard InChI is InChI=1S/C14H19NO4/c1-18-12-7-3-5-10(13(12)19-2)9-15-8-4-6-11(15)14(16)17/h3,5,7,11H,4,6,8-9H2,1-2H3,(H,16,17). The molecule has 1 N–H and O–H groups in total. The Bertz CT molecular complexity index is 461. The van der Waals surface area contributed by atoms with Crippen LogP contribution in [0, 0.1) is 0 Å². The zero-order chi connectivity index (χ0) is 13.8. The molecule has 104 valence electrons. The lowest BCUT2D eigenvalue weighted by atomic mass is 10.1. The number of nitrogens with zero attached hydrogens (tertiary/aromatic N) is 1. The van der Waals surface area contributed by atoms with Crippen LogP contribution in [0.2, 0.25) is 0 Å². The third-order valence-electron chi connectivity index (χ3n) is 3.51. The van der Waals surface area contributed by atoms with Gasteiger partial charge in [-0.15, -0.1) is 0 Å². The lowest BCUT2D eigenvalue weighted by Gasteiger charge is -2.22. The summed E-state index contributed by atoms with van der Waals surface area (Å²) in [6, 6.07) is 5.28. The number of carbonyl (C=O) groups is 1. The second-order valence-corrected chi connectivity index (χ2v) is 4.62. The van der Waals surface area contributed by atoms with Crippen LogP contribution in [0.1, 0.15) is 18.4 Å². The van der Waals surface area contributed by atoms with Crippen molar-refractivity contribution in [3.8, 4) is 11.5 Å². The molecule has 1 aromatic carbocycles. The zero-order valence-corrected chi connectivity index (χ0v) is 11.3. The van der Waals surface area contributed by atoms with Gasteiger partial charge in [0.15, 0.2) is 11.5 Å². The fourth-order valence-corrected chi connectivity index (χ4v) is 2.59. The van der Waals surface area contributed by atoms with Crippen LogP contribution in [0.5, 0.6) is 11.5 Å². The van der Waals surface area contributed by atoms with Gasteiger partial charge in [-0.25, -0.2) is 0 Å². The van der Waals surface area contributed by atoms with E-state index in [9.17, 15) is 9.90 Å². The van der Waals surface area contributed by atoms with Crippen molar-refractivity contribution in [2.24, 2.45) is 0 Å². The lowest BCUT2D eigenvalue weighted by Crippen LogP contribution is -2.35. The maximum absolute atomic E-state index is 11.2.